The molecule has 0 saturated heterocycles. The minimum atomic E-state index is -0.309. The van der Waals surface area contributed by atoms with E-state index < -0.39 is 0 Å². The van der Waals surface area contributed by atoms with E-state index in [1.165, 1.54) is 0 Å². The van der Waals surface area contributed by atoms with Gasteiger partial charge in [-0.25, -0.2) is 4.98 Å². The molecule has 2 aromatic rings. The molecule has 5 heteroatoms. The molecule has 0 fully saturated rings. The summed E-state index contributed by atoms with van der Waals surface area (Å²) >= 11 is 13.4. The summed E-state index contributed by atoms with van der Waals surface area (Å²) < 4.78 is 1.16. The van der Waals surface area contributed by atoms with Crippen molar-refractivity contribution in [2.45, 2.75) is 12.5 Å². The molecule has 1 aromatic heterocycles. The predicted octanol–water partition coefficient (Wildman–Crippen LogP) is 3.94. The van der Waals surface area contributed by atoms with Crippen LogP contribution in [0.15, 0.2) is 24.3 Å². The molecule has 0 atom stereocenters. The molecule has 0 saturated carbocycles. The average molecular weight is 275 g/mol. The van der Waals surface area contributed by atoms with E-state index in [1.54, 1.807) is 11.3 Å². The van der Waals surface area contributed by atoms with E-state index in [1.807, 2.05) is 25.1 Å². The molecule has 1 N–H and O–H groups in total. The van der Waals surface area contributed by atoms with E-state index in [9.17, 15) is 0 Å². The SMILES string of the molecule is CC(CCl)(CCl)Nc1nc2ccccc2s1. The van der Waals surface area contributed by atoms with E-state index >= 15 is 0 Å². The monoisotopic (exact) mass is 274 g/mol. The number of rotatable bonds is 4. The zero-order chi connectivity index (χ0) is 11.6. The van der Waals surface area contributed by atoms with Crippen molar-refractivity contribution in [2.75, 3.05) is 17.1 Å². The summed E-state index contributed by atoms with van der Waals surface area (Å²) in [5.74, 6) is 0.902. The number of hydrogen-bond donors (Lipinski definition) is 1. The quantitative estimate of drug-likeness (QED) is 0.855. The number of benzene rings is 1. The number of nitrogens with zero attached hydrogens (tertiary/aromatic N) is 1. The van der Waals surface area contributed by atoms with Crippen LogP contribution in [0.25, 0.3) is 10.2 Å². The molecule has 86 valence electrons. The number of halogens is 2. The molecular weight excluding hydrogens is 263 g/mol. The van der Waals surface area contributed by atoms with Crippen LogP contribution >= 0.6 is 34.5 Å². The molecule has 16 heavy (non-hydrogen) atoms. The van der Waals surface area contributed by atoms with Gasteiger partial charge in [0.25, 0.3) is 0 Å². The number of anilines is 1. The van der Waals surface area contributed by atoms with Gasteiger partial charge in [0.15, 0.2) is 5.13 Å². The minimum absolute atomic E-state index is 0.309. The fourth-order valence-electron chi connectivity index (χ4n) is 1.29. The lowest BCUT2D eigenvalue weighted by atomic mass is 10.1. The van der Waals surface area contributed by atoms with Gasteiger partial charge in [-0.2, -0.15) is 0 Å². The summed E-state index contributed by atoms with van der Waals surface area (Å²) in [5, 5.41) is 4.15. The van der Waals surface area contributed by atoms with Gasteiger partial charge in [-0.1, -0.05) is 23.5 Å². The van der Waals surface area contributed by atoms with Crippen LogP contribution in [-0.2, 0) is 0 Å². The Morgan fingerprint density at radius 3 is 2.62 bits per heavy atom. The highest BCUT2D eigenvalue weighted by atomic mass is 35.5. The van der Waals surface area contributed by atoms with Gasteiger partial charge < -0.3 is 5.32 Å². The molecule has 2 nitrogen and oxygen atoms in total. The maximum absolute atomic E-state index is 5.89. The van der Waals surface area contributed by atoms with E-state index in [0.717, 1.165) is 15.3 Å². The van der Waals surface area contributed by atoms with Crippen LogP contribution in [0.3, 0.4) is 0 Å². The summed E-state index contributed by atoms with van der Waals surface area (Å²) in [5.41, 5.74) is 0.693. The van der Waals surface area contributed by atoms with Gasteiger partial charge in [-0.15, -0.1) is 23.2 Å². The Kier molecular flexibility index (Phi) is 3.57. The summed E-state index contributed by atoms with van der Waals surface area (Å²) in [6.45, 7) is 1.99. The molecule has 0 aliphatic heterocycles. The highest BCUT2D eigenvalue weighted by Crippen LogP contribution is 2.28. The molecule has 0 aliphatic carbocycles. The van der Waals surface area contributed by atoms with Gasteiger partial charge in [-0.05, 0) is 19.1 Å². The predicted molar refractivity (Wildman–Crippen MR) is 73.1 cm³/mol. The first-order valence-electron chi connectivity index (χ1n) is 4.92. The zero-order valence-electron chi connectivity index (χ0n) is 8.84. The largest absolute Gasteiger partial charge is 0.354 e. The second kappa shape index (κ2) is 4.78. The standard InChI is InChI=1S/C11H12Cl2N2S/c1-11(6-12,7-13)15-10-14-8-4-2-3-5-9(8)16-10/h2-5H,6-7H2,1H3,(H,14,15). The molecule has 1 aromatic carbocycles. The van der Waals surface area contributed by atoms with E-state index in [0.29, 0.717) is 11.8 Å². The minimum Gasteiger partial charge on any atom is -0.354 e. The Bertz CT molecular complexity index is 447. The molecule has 0 aliphatic rings. The Balaban J connectivity index is 2.27. The van der Waals surface area contributed by atoms with Crippen LogP contribution in [0.2, 0.25) is 0 Å². The lowest BCUT2D eigenvalue weighted by Crippen LogP contribution is -2.38. The first-order valence-corrected chi connectivity index (χ1v) is 6.81. The van der Waals surface area contributed by atoms with Gasteiger partial charge in [-0.3, -0.25) is 0 Å². The topological polar surface area (TPSA) is 24.9 Å². The van der Waals surface area contributed by atoms with Gasteiger partial charge in [0.1, 0.15) is 0 Å². The van der Waals surface area contributed by atoms with Crippen LogP contribution in [0.1, 0.15) is 6.92 Å². The maximum atomic E-state index is 5.89. The van der Waals surface area contributed by atoms with Crippen molar-refractivity contribution < 1.29 is 0 Å². The van der Waals surface area contributed by atoms with Crippen molar-refractivity contribution in [1.29, 1.82) is 0 Å². The number of thiazole rings is 1. The fraction of sp³-hybridized carbons (Fsp3) is 0.364. The first kappa shape index (κ1) is 12.0. The number of nitrogens with one attached hydrogen (secondary N) is 1. The van der Waals surface area contributed by atoms with Gasteiger partial charge in [0.05, 0.1) is 15.8 Å². The fourth-order valence-corrected chi connectivity index (χ4v) is 2.72. The molecule has 0 amide bonds. The number of hydrogen-bond acceptors (Lipinski definition) is 3. The summed E-state index contributed by atoms with van der Waals surface area (Å²) in [7, 11) is 0. The lowest BCUT2D eigenvalue weighted by Gasteiger charge is -2.25. The second-order valence-corrected chi connectivity index (χ2v) is 5.50. The third-order valence-corrected chi connectivity index (χ3v) is 4.42. The number of alkyl halides is 2. The van der Waals surface area contributed by atoms with Crippen LogP contribution in [0, 0.1) is 0 Å². The van der Waals surface area contributed by atoms with Crippen LogP contribution in [0.5, 0.6) is 0 Å². The van der Waals surface area contributed by atoms with Crippen molar-refractivity contribution >= 4 is 49.9 Å². The molecule has 0 unspecified atom stereocenters. The van der Waals surface area contributed by atoms with Crippen molar-refractivity contribution in [1.82, 2.24) is 4.98 Å². The van der Waals surface area contributed by atoms with E-state index in [-0.39, 0.29) is 5.54 Å². The summed E-state index contributed by atoms with van der Waals surface area (Å²) in [4.78, 5) is 4.48. The molecule has 1 heterocycles. The van der Waals surface area contributed by atoms with Crippen LogP contribution < -0.4 is 5.32 Å². The Morgan fingerprint density at radius 2 is 2.00 bits per heavy atom. The van der Waals surface area contributed by atoms with E-state index in [2.05, 4.69) is 16.4 Å². The molecule has 0 radical (unpaired) electrons. The molecule has 0 spiro atoms. The van der Waals surface area contributed by atoms with Crippen molar-refractivity contribution in [3.63, 3.8) is 0 Å². The van der Waals surface area contributed by atoms with Crippen molar-refractivity contribution in [3.05, 3.63) is 24.3 Å². The van der Waals surface area contributed by atoms with Gasteiger partial charge in [0.2, 0.25) is 0 Å². The second-order valence-electron chi connectivity index (χ2n) is 3.94. The third kappa shape index (κ3) is 2.42. The van der Waals surface area contributed by atoms with Gasteiger partial charge in [0, 0.05) is 11.8 Å². The smallest absolute Gasteiger partial charge is 0.184 e. The summed E-state index contributed by atoms with van der Waals surface area (Å²) in [6, 6.07) is 8.04. The highest BCUT2D eigenvalue weighted by molar-refractivity contribution is 7.22. The van der Waals surface area contributed by atoms with Crippen molar-refractivity contribution in [3.8, 4) is 0 Å². The summed E-state index contributed by atoms with van der Waals surface area (Å²) in [6.07, 6.45) is 0. The third-order valence-electron chi connectivity index (χ3n) is 2.29. The van der Waals surface area contributed by atoms with Crippen molar-refractivity contribution in [2.24, 2.45) is 0 Å². The zero-order valence-corrected chi connectivity index (χ0v) is 11.2. The van der Waals surface area contributed by atoms with Crippen LogP contribution in [-0.4, -0.2) is 22.3 Å². The Morgan fingerprint density at radius 1 is 1.31 bits per heavy atom. The molecule has 0 bridgehead atoms. The lowest BCUT2D eigenvalue weighted by molar-refractivity contribution is 0.648. The normalized spacial score (nSPS) is 11.9. The maximum Gasteiger partial charge on any atom is 0.184 e. The van der Waals surface area contributed by atoms with Gasteiger partial charge >= 0.3 is 0 Å². The number of para-hydroxylation sites is 1. The number of fused-ring (bicyclic) bond motifs is 1. The molecular formula is C11H12Cl2N2S. The Labute approximate surface area is 109 Å². The first-order chi connectivity index (χ1) is 7.67. The average Bonchev–Trinajstić information content (AvgIpc) is 2.70. The van der Waals surface area contributed by atoms with E-state index in [4.69, 9.17) is 23.2 Å². The Hall–Kier alpha value is -0.510. The molecule has 2 rings (SSSR count). The number of aromatic nitrogens is 1. The van der Waals surface area contributed by atoms with Crippen LogP contribution in [0.4, 0.5) is 5.13 Å². The highest BCUT2D eigenvalue weighted by Gasteiger charge is 2.23.